The molecule has 1 atom stereocenters. The number of nitrogens with one attached hydrogen (secondary N) is 2. The maximum absolute atomic E-state index is 12.6. The molecule has 0 saturated heterocycles. The summed E-state index contributed by atoms with van der Waals surface area (Å²) in [5, 5.41) is 6.03. The second kappa shape index (κ2) is 6.48. The molecule has 1 aromatic heterocycles. The zero-order chi connectivity index (χ0) is 18.1. The predicted octanol–water partition coefficient (Wildman–Crippen LogP) is 4.17. The summed E-state index contributed by atoms with van der Waals surface area (Å²) in [6.45, 7) is 1.91. The Labute approximate surface area is 150 Å². The van der Waals surface area contributed by atoms with E-state index in [0.29, 0.717) is 0 Å². The van der Waals surface area contributed by atoms with Crippen molar-refractivity contribution < 1.29 is 4.79 Å². The van der Waals surface area contributed by atoms with Crippen LogP contribution in [0.3, 0.4) is 0 Å². The Kier molecular flexibility index (Phi) is 4.01. The number of rotatable bonds is 3. The van der Waals surface area contributed by atoms with Crippen LogP contribution in [0.25, 0.3) is 21.7 Å². The summed E-state index contributed by atoms with van der Waals surface area (Å²) in [7, 11) is 0. The predicted molar refractivity (Wildman–Crippen MR) is 104 cm³/mol. The maximum atomic E-state index is 12.6. The summed E-state index contributed by atoms with van der Waals surface area (Å²) in [5.74, 6) is -0.377. The molecular formula is C22H18N2O2. The molecule has 0 fully saturated rings. The molecule has 4 heteroatoms. The maximum Gasteiger partial charge on any atom is 0.261 e. The highest BCUT2D eigenvalue weighted by Crippen LogP contribution is 2.20. The van der Waals surface area contributed by atoms with Crippen LogP contribution in [-0.2, 0) is 0 Å². The Morgan fingerprint density at radius 3 is 2.38 bits per heavy atom. The first-order valence-electron chi connectivity index (χ1n) is 8.53. The van der Waals surface area contributed by atoms with Gasteiger partial charge in [-0.1, -0.05) is 54.6 Å². The lowest BCUT2D eigenvalue weighted by Gasteiger charge is -2.15. The van der Waals surface area contributed by atoms with Gasteiger partial charge in [0, 0.05) is 5.52 Å². The van der Waals surface area contributed by atoms with E-state index in [1.807, 2.05) is 61.5 Å². The zero-order valence-electron chi connectivity index (χ0n) is 14.3. The first-order chi connectivity index (χ1) is 12.6. The van der Waals surface area contributed by atoms with Crippen molar-refractivity contribution in [2.45, 2.75) is 13.0 Å². The van der Waals surface area contributed by atoms with E-state index in [-0.39, 0.29) is 23.1 Å². The fraction of sp³-hybridized carbons (Fsp3) is 0.0909. The molecular weight excluding hydrogens is 324 g/mol. The van der Waals surface area contributed by atoms with Crippen LogP contribution in [0.2, 0.25) is 0 Å². The molecule has 26 heavy (non-hydrogen) atoms. The lowest BCUT2D eigenvalue weighted by Crippen LogP contribution is -2.31. The number of H-pyrrole nitrogens is 1. The van der Waals surface area contributed by atoms with E-state index in [1.54, 1.807) is 6.07 Å². The van der Waals surface area contributed by atoms with Gasteiger partial charge in [0.2, 0.25) is 0 Å². The van der Waals surface area contributed by atoms with Gasteiger partial charge in [-0.15, -0.1) is 0 Å². The Balaban J connectivity index is 1.62. The summed E-state index contributed by atoms with van der Waals surface area (Å²) in [5.41, 5.74) is 1.45. The number of pyridine rings is 1. The number of carbonyl (C=O) groups excluding carboxylic acids is 1. The lowest BCUT2D eigenvalue weighted by atomic mass is 10.0. The average Bonchev–Trinajstić information content (AvgIpc) is 2.66. The van der Waals surface area contributed by atoms with Crippen LogP contribution in [0.15, 0.2) is 77.6 Å². The highest BCUT2D eigenvalue weighted by atomic mass is 16.2. The number of para-hydroxylation sites is 1. The fourth-order valence-corrected chi connectivity index (χ4v) is 3.15. The molecule has 0 saturated carbocycles. The van der Waals surface area contributed by atoms with E-state index in [2.05, 4.69) is 22.4 Å². The second-order valence-corrected chi connectivity index (χ2v) is 6.40. The summed E-state index contributed by atoms with van der Waals surface area (Å²) in [6.07, 6.45) is 0. The van der Waals surface area contributed by atoms with Crippen molar-refractivity contribution in [2.24, 2.45) is 0 Å². The molecule has 0 radical (unpaired) electrons. The summed E-state index contributed by atoms with van der Waals surface area (Å²) in [4.78, 5) is 27.6. The lowest BCUT2D eigenvalue weighted by molar-refractivity contribution is 0.0938. The van der Waals surface area contributed by atoms with Crippen LogP contribution in [0.1, 0.15) is 28.9 Å². The van der Waals surface area contributed by atoms with Crippen molar-refractivity contribution >= 4 is 27.6 Å². The molecule has 128 valence electrons. The van der Waals surface area contributed by atoms with Gasteiger partial charge in [0.1, 0.15) is 5.56 Å². The van der Waals surface area contributed by atoms with Crippen LogP contribution in [0.4, 0.5) is 0 Å². The van der Waals surface area contributed by atoms with Crippen molar-refractivity contribution in [1.82, 2.24) is 10.3 Å². The topological polar surface area (TPSA) is 62.0 Å². The molecule has 2 N–H and O–H groups in total. The van der Waals surface area contributed by atoms with Gasteiger partial charge in [0.05, 0.1) is 6.04 Å². The Bertz CT molecular complexity index is 1180. The molecule has 4 rings (SSSR count). The Hall–Kier alpha value is -3.40. The van der Waals surface area contributed by atoms with Crippen molar-refractivity contribution in [3.63, 3.8) is 0 Å². The van der Waals surface area contributed by atoms with E-state index < -0.39 is 0 Å². The number of amides is 1. The average molecular weight is 342 g/mol. The highest BCUT2D eigenvalue weighted by molar-refractivity contribution is 5.97. The fourth-order valence-electron chi connectivity index (χ4n) is 3.15. The number of carbonyl (C=O) groups is 1. The van der Waals surface area contributed by atoms with Crippen LogP contribution in [0, 0.1) is 0 Å². The quantitative estimate of drug-likeness (QED) is 0.587. The van der Waals surface area contributed by atoms with Gasteiger partial charge < -0.3 is 10.3 Å². The Morgan fingerprint density at radius 1 is 0.885 bits per heavy atom. The summed E-state index contributed by atoms with van der Waals surface area (Å²) >= 11 is 0. The minimum absolute atomic E-state index is 0.122. The number of benzene rings is 3. The molecule has 0 aliphatic heterocycles. The molecule has 0 spiro atoms. The molecule has 4 aromatic rings. The first-order valence-corrected chi connectivity index (χ1v) is 8.53. The molecule has 0 bridgehead atoms. The number of hydrogen-bond donors (Lipinski definition) is 2. The van der Waals surface area contributed by atoms with Crippen molar-refractivity contribution in [1.29, 1.82) is 0 Å². The number of aromatic nitrogens is 1. The van der Waals surface area contributed by atoms with Gasteiger partial charge in [0.15, 0.2) is 0 Å². The molecule has 1 amide bonds. The third-order valence-corrected chi connectivity index (χ3v) is 4.62. The summed E-state index contributed by atoms with van der Waals surface area (Å²) in [6, 6.07) is 23.0. The molecule has 1 heterocycles. The largest absolute Gasteiger partial charge is 0.345 e. The van der Waals surface area contributed by atoms with E-state index in [4.69, 9.17) is 0 Å². The summed E-state index contributed by atoms with van der Waals surface area (Å²) < 4.78 is 0. The van der Waals surface area contributed by atoms with Gasteiger partial charge >= 0.3 is 0 Å². The van der Waals surface area contributed by atoms with Crippen LogP contribution < -0.4 is 10.9 Å². The number of fused-ring (bicyclic) bond motifs is 2. The van der Waals surface area contributed by atoms with Crippen molar-refractivity contribution in [3.05, 3.63) is 94.3 Å². The molecule has 0 aliphatic carbocycles. The second-order valence-electron chi connectivity index (χ2n) is 6.40. The molecule has 1 unspecified atom stereocenters. The van der Waals surface area contributed by atoms with Crippen LogP contribution >= 0.6 is 0 Å². The third-order valence-electron chi connectivity index (χ3n) is 4.62. The molecule has 4 nitrogen and oxygen atoms in total. The van der Waals surface area contributed by atoms with Gasteiger partial charge in [-0.3, -0.25) is 9.59 Å². The van der Waals surface area contributed by atoms with Crippen molar-refractivity contribution in [2.75, 3.05) is 0 Å². The van der Waals surface area contributed by atoms with E-state index in [0.717, 1.165) is 27.2 Å². The van der Waals surface area contributed by atoms with Gasteiger partial charge in [-0.05, 0) is 46.8 Å². The first kappa shape index (κ1) is 16.1. The standard InChI is InChI=1S/C22H18N2O2/c1-14(16-11-10-15-6-2-3-7-17(15)12-16)23-21(25)19-13-18-8-4-5-9-20(18)24-22(19)26/h2-14H,1H3,(H,23,25)(H,24,26). The third kappa shape index (κ3) is 2.97. The van der Waals surface area contributed by atoms with E-state index >= 15 is 0 Å². The van der Waals surface area contributed by atoms with Crippen LogP contribution in [-0.4, -0.2) is 10.9 Å². The smallest absolute Gasteiger partial charge is 0.261 e. The van der Waals surface area contributed by atoms with E-state index in [9.17, 15) is 9.59 Å². The normalized spacial score (nSPS) is 12.2. The Morgan fingerprint density at radius 2 is 1.58 bits per heavy atom. The minimum Gasteiger partial charge on any atom is -0.345 e. The highest BCUT2D eigenvalue weighted by Gasteiger charge is 2.15. The zero-order valence-corrected chi connectivity index (χ0v) is 14.3. The van der Waals surface area contributed by atoms with Gasteiger partial charge in [-0.25, -0.2) is 0 Å². The monoisotopic (exact) mass is 342 g/mol. The molecule has 0 aliphatic rings. The van der Waals surface area contributed by atoms with Gasteiger partial charge in [-0.2, -0.15) is 0 Å². The number of hydrogen-bond acceptors (Lipinski definition) is 2. The van der Waals surface area contributed by atoms with E-state index in [1.165, 1.54) is 0 Å². The SMILES string of the molecule is CC(NC(=O)c1cc2ccccc2[nH]c1=O)c1ccc2ccccc2c1. The molecule has 3 aromatic carbocycles. The number of aromatic amines is 1. The minimum atomic E-state index is -0.382. The van der Waals surface area contributed by atoms with Crippen molar-refractivity contribution in [3.8, 4) is 0 Å². The van der Waals surface area contributed by atoms with Crippen LogP contribution in [0.5, 0.6) is 0 Å². The van der Waals surface area contributed by atoms with Gasteiger partial charge in [0.25, 0.3) is 11.5 Å².